The van der Waals surface area contributed by atoms with E-state index in [1.54, 1.807) is 18.3 Å². The number of aromatic nitrogens is 1. The summed E-state index contributed by atoms with van der Waals surface area (Å²) in [7, 11) is 2.14. The first-order chi connectivity index (χ1) is 6.66. The van der Waals surface area contributed by atoms with E-state index in [1.807, 2.05) is 6.20 Å². The van der Waals surface area contributed by atoms with Gasteiger partial charge < -0.3 is 10.0 Å². The van der Waals surface area contributed by atoms with Crippen LogP contribution in [0.25, 0.3) is 0 Å². The van der Waals surface area contributed by atoms with Gasteiger partial charge in [0.1, 0.15) is 0 Å². The molecule has 14 heavy (non-hydrogen) atoms. The molecule has 2 unspecified atom stereocenters. The average molecular weight is 212 g/mol. The summed E-state index contributed by atoms with van der Waals surface area (Å²) in [6, 6.07) is 0. The van der Waals surface area contributed by atoms with Gasteiger partial charge in [-0.25, -0.2) is 4.98 Å². The van der Waals surface area contributed by atoms with Crippen molar-refractivity contribution in [2.45, 2.75) is 25.4 Å². The van der Waals surface area contributed by atoms with Crippen LogP contribution in [0.1, 0.15) is 35.3 Å². The molecule has 0 bridgehead atoms. The van der Waals surface area contributed by atoms with E-state index < -0.39 is 0 Å². The summed E-state index contributed by atoms with van der Waals surface area (Å²) in [5.41, 5.74) is 0. The first-order valence-corrected chi connectivity index (χ1v) is 5.80. The van der Waals surface area contributed by atoms with Gasteiger partial charge in [-0.05, 0) is 26.9 Å². The van der Waals surface area contributed by atoms with Crippen LogP contribution >= 0.6 is 11.3 Å². The number of thiazole rings is 1. The van der Waals surface area contributed by atoms with E-state index in [9.17, 15) is 5.11 Å². The van der Waals surface area contributed by atoms with Gasteiger partial charge in [0.2, 0.25) is 0 Å². The van der Waals surface area contributed by atoms with Crippen molar-refractivity contribution in [1.29, 1.82) is 0 Å². The van der Waals surface area contributed by atoms with Gasteiger partial charge >= 0.3 is 0 Å². The average Bonchev–Trinajstić information content (AvgIpc) is 2.70. The van der Waals surface area contributed by atoms with Gasteiger partial charge in [-0.3, -0.25) is 0 Å². The highest BCUT2D eigenvalue weighted by atomic mass is 32.1. The van der Waals surface area contributed by atoms with Crippen molar-refractivity contribution in [3.05, 3.63) is 16.1 Å². The maximum Gasteiger partial charge on any atom is 0.0972 e. The third-order valence-electron chi connectivity index (χ3n) is 2.69. The molecule has 1 fully saturated rings. The zero-order chi connectivity index (χ0) is 10.1. The highest BCUT2D eigenvalue weighted by Crippen LogP contribution is 2.31. The Hall–Kier alpha value is -0.450. The zero-order valence-corrected chi connectivity index (χ0v) is 9.42. The lowest BCUT2D eigenvalue weighted by Crippen LogP contribution is -2.13. The molecular formula is C10H16N2OS. The molecule has 2 atom stereocenters. The number of hydrogen-bond donors (Lipinski definition) is 1. The Morgan fingerprint density at radius 1 is 1.71 bits per heavy atom. The molecule has 3 nitrogen and oxygen atoms in total. The van der Waals surface area contributed by atoms with Crippen LogP contribution < -0.4 is 0 Å². The monoisotopic (exact) mass is 212 g/mol. The third-order valence-corrected chi connectivity index (χ3v) is 4.02. The van der Waals surface area contributed by atoms with Gasteiger partial charge in [0.05, 0.1) is 16.0 Å². The molecule has 0 amide bonds. The maximum atomic E-state index is 9.39. The molecule has 0 spiro atoms. The molecular weight excluding hydrogens is 196 g/mol. The van der Waals surface area contributed by atoms with Crippen molar-refractivity contribution in [3.8, 4) is 0 Å². The molecule has 2 heterocycles. The Morgan fingerprint density at radius 2 is 2.50 bits per heavy atom. The smallest absolute Gasteiger partial charge is 0.0972 e. The summed E-state index contributed by atoms with van der Waals surface area (Å²) < 4.78 is 0. The Kier molecular flexibility index (Phi) is 2.85. The summed E-state index contributed by atoms with van der Waals surface area (Å²) in [5, 5.41) is 10.6. The molecule has 0 saturated carbocycles. The van der Waals surface area contributed by atoms with Crippen molar-refractivity contribution in [2.24, 2.45) is 0 Å². The number of likely N-dealkylation sites (tertiary alicyclic amines) is 1. The van der Waals surface area contributed by atoms with E-state index in [-0.39, 0.29) is 6.10 Å². The van der Waals surface area contributed by atoms with Gasteiger partial charge in [-0.15, -0.1) is 11.3 Å². The molecule has 2 rings (SSSR count). The normalized spacial score (nSPS) is 25.5. The number of rotatable bonds is 2. The summed E-state index contributed by atoms with van der Waals surface area (Å²) >= 11 is 1.65. The summed E-state index contributed by atoms with van der Waals surface area (Å²) in [5.74, 6) is 0.581. The Labute approximate surface area is 88.4 Å². The summed E-state index contributed by atoms with van der Waals surface area (Å²) in [4.78, 5) is 7.69. The molecule has 0 aliphatic carbocycles. The number of aliphatic hydroxyl groups excluding tert-OH is 1. The fraction of sp³-hybridized carbons (Fsp3) is 0.700. The summed E-state index contributed by atoms with van der Waals surface area (Å²) in [6.45, 7) is 4.05. The minimum absolute atomic E-state index is 0.375. The topological polar surface area (TPSA) is 36.4 Å². The second kappa shape index (κ2) is 3.96. The third kappa shape index (κ3) is 1.97. The van der Waals surface area contributed by atoms with Crippen LogP contribution in [-0.2, 0) is 0 Å². The minimum Gasteiger partial charge on any atom is -0.388 e. The van der Waals surface area contributed by atoms with Crippen molar-refractivity contribution >= 4 is 11.3 Å². The number of hydrogen-bond acceptors (Lipinski definition) is 4. The van der Waals surface area contributed by atoms with Crippen LogP contribution in [0.5, 0.6) is 0 Å². The molecule has 0 aromatic carbocycles. The van der Waals surface area contributed by atoms with Crippen LogP contribution in [0.2, 0.25) is 0 Å². The van der Waals surface area contributed by atoms with E-state index in [1.165, 1.54) is 11.4 Å². The molecule has 4 heteroatoms. The van der Waals surface area contributed by atoms with E-state index in [0.717, 1.165) is 18.0 Å². The van der Waals surface area contributed by atoms with Gasteiger partial charge in [-0.2, -0.15) is 0 Å². The van der Waals surface area contributed by atoms with E-state index in [0.29, 0.717) is 5.92 Å². The quantitative estimate of drug-likeness (QED) is 0.809. The first kappa shape index (κ1) is 10.1. The second-order valence-corrected chi connectivity index (χ2v) is 5.12. The van der Waals surface area contributed by atoms with Gasteiger partial charge in [0.25, 0.3) is 0 Å². The lowest BCUT2D eigenvalue weighted by atomic mass is 10.1. The lowest BCUT2D eigenvalue weighted by molar-refractivity contribution is 0.203. The second-order valence-electron chi connectivity index (χ2n) is 4.02. The van der Waals surface area contributed by atoms with Crippen LogP contribution in [0.3, 0.4) is 0 Å². The molecule has 0 radical (unpaired) electrons. The number of nitrogens with zero attached hydrogens (tertiary/aromatic N) is 2. The van der Waals surface area contributed by atoms with E-state index in [2.05, 4.69) is 16.9 Å². The van der Waals surface area contributed by atoms with Crippen LogP contribution in [0.4, 0.5) is 0 Å². The molecule has 1 N–H and O–H groups in total. The highest BCUT2D eigenvalue weighted by Gasteiger charge is 2.24. The predicted octanol–water partition coefficient (Wildman–Crippen LogP) is 1.62. The van der Waals surface area contributed by atoms with Crippen molar-refractivity contribution < 1.29 is 5.11 Å². The van der Waals surface area contributed by atoms with Crippen LogP contribution in [0, 0.1) is 0 Å². The van der Waals surface area contributed by atoms with E-state index >= 15 is 0 Å². The molecule has 78 valence electrons. The first-order valence-electron chi connectivity index (χ1n) is 4.99. The van der Waals surface area contributed by atoms with Gasteiger partial charge in [-0.1, -0.05) is 0 Å². The Balaban J connectivity index is 2.09. The van der Waals surface area contributed by atoms with Crippen molar-refractivity contribution in [3.63, 3.8) is 0 Å². The standard InChI is InChI=1S/C10H16N2OS/c1-7(13)9-5-11-10(14-9)8-3-4-12(2)6-8/h5,7-8,13H,3-4,6H2,1-2H3. The highest BCUT2D eigenvalue weighted by molar-refractivity contribution is 7.11. The largest absolute Gasteiger partial charge is 0.388 e. The van der Waals surface area contributed by atoms with Crippen LogP contribution in [0.15, 0.2) is 6.20 Å². The molecule has 1 aromatic heterocycles. The molecule has 1 aromatic rings. The van der Waals surface area contributed by atoms with Crippen molar-refractivity contribution in [2.75, 3.05) is 20.1 Å². The summed E-state index contributed by atoms with van der Waals surface area (Å²) in [6.07, 6.45) is 2.63. The predicted molar refractivity (Wildman–Crippen MR) is 57.6 cm³/mol. The zero-order valence-electron chi connectivity index (χ0n) is 8.60. The number of likely N-dealkylation sites (N-methyl/N-ethyl adjacent to an activating group) is 1. The Morgan fingerprint density at radius 3 is 3.00 bits per heavy atom. The fourth-order valence-corrected chi connectivity index (χ4v) is 2.80. The molecule has 1 aliphatic heterocycles. The SMILES string of the molecule is CC(O)c1cnc(C2CCN(C)C2)s1. The van der Waals surface area contributed by atoms with Gasteiger partial charge in [0, 0.05) is 18.7 Å². The molecule has 1 saturated heterocycles. The lowest BCUT2D eigenvalue weighted by Gasteiger charge is -2.06. The van der Waals surface area contributed by atoms with Crippen molar-refractivity contribution in [1.82, 2.24) is 9.88 Å². The fourth-order valence-electron chi connectivity index (χ4n) is 1.82. The minimum atomic E-state index is -0.375. The Bertz CT molecular complexity index is 311. The molecule has 1 aliphatic rings. The maximum absolute atomic E-state index is 9.39. The van der Waals surface area contributed by atoms with Crippen LogP contribution in [-0.4, -0.2) is 35.1 Å². The van der Waals surface area contributed by atoms with E-state index in [4.69, 9.17) is 0 Å². The number of aliphatic hydroxyl groups is 1. The van der Waals surface area contributed by atoms with Gasteiger partial charge in [0.15, 0.2) is 0 Å².